The molecule has 0 radical (unpaired) electrons. The Hall–Kier alpha value is -0.800. The molecule has 0 saturated heterocycles. The zero-order chi connectivity index (χ0) is 15.8. The Morgan fingerprint density at radius 3 is 2.74 bits per heavy atom. The lowest BCUT2D eigenvalue weighted by molar-refractivity contribution is 0.412. The summed E-state index contributed by atoms with van der Waals surface area (Å²) in [5.41, 5.74) is 1.16. The first-order valence-electron chi connectivity index (χ1n) is 7.02. The largest absolute Gasteiger partial charge is 0.496 e. The van der Waals surface area contributed by atoms with Crippen LogP contribution in [0.1, 0.15) is 10.4 Å². The summed E-state index contributed by atoms with van der Waals surface area (Å²) in [5, 5.41) is 8.74. The van der Waals surface area contributed by atoms with Crippen LogP contribution in [0.3, 0.4) is 0 Å². The minimum Gasteiger partial charge on any atom is -0.496 e. The molecule has 0 spiro atoms. The quantitative estimate of drug-likeness (QED) is 0.351. The summed E-state index contributed by atoms with van der Waals surface area (Å²) in [5.74, 6) is 1.64. The molecular weight excluding hydrogens is 489 g/mol. The van der Waals surface area contributed by atoms with Crippen molar-refractivity contribution in [3.63, 3.8) is 0 Å². The van der Waals surface area contributed by atoms with Gasteiger partial charge in [0.15, 0.2) is 5.96 Å². The monoisotopic (exact) mass is 509 g/mol. The first-order chi connectivity index (χ1) is 10.7. The van der Waals surface area contributed by atoms with E-state index < -0.39 is 0 Å². The zero-order valence-electron chi connectivity index (χ0n) is 13.1. The standard InChI is InChI=1S/C16H20BrN3OS.HI/c1-18-16(19-8-7-13-4-3-9-22-13)20-11-12-5-6-15(21-2)14(17)10-12;/h3-6,9-10H,7-8,11H2,1-2H3,(H2,18,19,20);1H. The van der Waals surface area contributed by atoms with Crippen molar-refractivity contribution in [3.05, 3.63) is 50.6 Å². The molecule has 0 aliphatic carbocycles. The third kappa shape index (κ3) is 6.68. The highest BCUT2D eigenvalue weighted by molar-refractivity contribution is 14.0. The zero-order valence-corrected chi connectivity index (χ0v) is 17.9. The number of hydrogen-bond donors (Lipinski definition) is 2. The van der Waals surface area contributed by atoms with Gasteiger partial charge in [-0.1, -0.05) is 12.1 Å². The lowest BCUT2D eigenvalue weighted by Crippen LogP contribution is -2.37. The molecule has 1 aromatic heterocycles. The molecule has 126 valence electrons. The first-order valence-corrected chi connectivity index (χ1v) is 8.69. The van der Waals surface area contributed by atoms with Crippen LogP contribution < -0.4 is 15.4 Å². The second kappa shape index (κ2) is 10.9. The Labute approximate surface area is 166 Å². The van der Waals surface area contributed by atoms with Gasteiger partial charge in [-0.15, -0.1) is 35.3 Å². The summed E-state index contributed by atoms with van der Waals surface area (Å²) in [6.07, 6.45) is 1.01. The minimum absolute atomic E-state index is 0. The van der Waals surface area contributed by atoms with Gasteiger partial charge in [-0.3, -0.25) is 4.99 Å². The van der Waals surface area contributed by atoms with Gasteiger partial charge in [-0.25, -0.2) is 0 Å². The molecule has 2 N–H and O–H groups in total. The SMILES string of the molecule is CN=C(NCCc1cccs1)NCc1ccc(OC)c(Br)c1.I. The summed E-state index contributed by atoms with van der Waals surface area (Å²) >= 11 is 5.28. The van der Waals surface area contributed by atoms with Gasteiger partial charge >= 0.3 is 0 Å². The second-order valence-electron chi connectivity index (χ2n) is 4.65. The van der Waals surface area contributed by atoms with E-state index in [-0.39, 0.29) is 24.0 Å². The van der Waals surface area contributed by atoms with Gasteiger partial charge < -0.3 is 15.4 Å². The topological polar surface area (TPSA) is 45.7 Å². The van der Waals surface area contributed by atoms with Crippen LogP contribution in [0, 0.1) is 0 Å². The van der Waals surface area contributed by atoms with Crippen molar-refractivity contribution in [2.24, 2.45) is 4.99 Å². The number of thiophene rings is 1. The summed E-state index contributed by atoms with van der Waals surface area (Å²) in [6.45, 7) is 1.58. The van der Waals surface area contributed by atoms with Gasteiger partial charge in [0.1, 0.15) is 5.75 Å². The van der Waals surface area contributed by atoms with Crippen LogP contribution in [0.4, 0.5) is 0 Å². The number of guanidine groups is 1. The van der Waals surface area contributed by atoms with Gasteiger partial charge in [0, 0.05) is 25.0 Å². The molecule has 0 aliphatic heterocycles. The highest BCUT2D eigenvalue weighted by atomic mass is 127. The fourth-order valence-corrected chi connectivity index (χ4v) is 3.28. The van der Waals surface area contributed by atoms with Gasteiger partial charge in [0.05, 0.1) is 11.6 Å². The van der Waals surface area contributed by atoms with E-state index in [1.54, 1.807) is 25.5 Å². The third-order valence-electron chi connectivity index (χ3n) is 3.14. The maximum atomic E-state index is 5.23. The fourth-order valence-electron chi connectivity index (χ4n) is 1.99. The lowest BCUT2D eigenvalue weighted by Gasteiger charge is -2.12. The highest BCUT2D eigenvalue weighted by Gasteiger charge is 2.03. The number of aliphatic imine (C=N–C) groups is 1. The molecule has 1 heterocycles. The molecule has 2 aromatic rings. The molecule has 0 bridgehead atoms. The van der Waals surface area contributed by atoms with Crippen LogP contribution in [-0.4, -0.2) is 26.7 Å². The molecule has 2 rings (SSSR count). The van der Waals surface area contributed by atoms with Crippen LogP contribution in [0.5, 0.6) is 5.75 Å². The summed E-state index contributed by atoms with van der Waals surface area (Å²) < 4.78 is 6.19. The van der Waals surface area contributed by atoms with Crippen molar-refractivity contribution in [1.82, 2.24) is 10.6 Å². The lowest BCUT2D eigenvalue weighted by atomic mass is 10.2. The van der Waals surface area contributed by atoms with Gasteiger partial charge in [-0.2, -0.15) is 0 Å². The van der Waals surface area contributed by atoms with Crippen molar-refractivity contribution in [2.45, 2.75) is 13.0 Å². The van der Waals surface area contributed by atoms with Crippen molar-refractivity contribution in [2.75, 3.05) is 20.7 Å². The minimum atomic E-state index is 0. The predicted octanol–water partition coefficient (Wildman–Crippen LogP) is 4.04. The summed E-state index contributed by atoms with van der Waals surface area (Å²) in [7, 11) is 3.45. The fraction of sp³-hybridized carbons (Fsp3) is 0.312. The molecule has 0 amide bonds. The summed E-state index contributed by atoms with van der Waals surface area (Å²) in [4.78, 5) is 5.62. The van der Waals surface area contributed by atoms with Crippen LogP contribution in [0.2, 0.25) is 0 Å². The van der Waals surface area contributed by atoms with Crippen LogP contribution >= 0.6 is 51.2 Å². The Balaban J connectivity index is 0.00000264. The van der Waals surface area contributed by atoms with Crippen molar-refractivity contribution in [1.29, 1.82) is 0 Å². The summed E-state index contributed by atoms with van der Waals surface area (Å²) in [6, 6.07) is 10.3. The van der Waals surface area contributed by atoms with Crippen molar-refractivity contribution < 1.29 is 4.74 Å². The average molecular weight is 510 g/mol. The predicted molar refractivity (Wildman–Crippen MR) is 112 cm³/mol. The number of ether oxygens (including phenoxy) is 1. The van der Waals surface area contributed by atoms with E-state index >= 15 is 0 Å². The maximum Gasteiger partial charge on any atom is 0.191 e. The Morgan fingerprint density at radius 1 is 1.30 bits per heavy atom. The number of nitrogens with one attached hydrogen (secondary N) is 2. The van der Waals surface area contributed by atoms with Crippen LogP contribution in [0.15, 0.2) is 45.2 Å². The van der Waals surface area contributed by atoms with E-state index in [0.717, 1.165) is 34.7 Å². The van der Waals surface area contributed by atoms with E-state index in [1.165, 1.54) is 4.88 Å². The van der Waals surface area contributed by atoms with E-state index in [9.17, 15) is 0 Å². The van der Waals surface area contributed by atoms with Gasteiger partial charge in [0.25, 0.3) is 0 Å². The molecular formula is C16H21BrIN3OS. The smallest absolute Gasteiger partial charge is 0.191 e. The number of benzene rings is 1. The molecule has 1 aromatic carbocycles. The van der Waals surface area contributed by atoms with Crippen LogP contribution in [-0.2, 0) is 13.0 Å². The van der Waals surface area contributed by atoms with Crippen molar-refractivity contribution >= 4 is 57.2 Å². The highest BCUT2D eigenvalue weighted by Crippen LogP contribution is 2.25. The maximum absolute atomic E-state index is 5.23. The third-order valence-corrected chi connectivity index (χ3v) is 4.70. The van der Waals surface area contributed by atoms with E-state index in [2.05, 4.69) is 49.1 Å². The molecule has 0 saturated carbocycles. The number of hydrogen-bond acceptors (Lipinski definition) is 3. The van der Waals surface area contributed by atoms with E-state index in [1.807, 2.05) is 18.2 Å². The molecule has 0 atom stereocenters. The number of rotatable bonds is 6. The average Bonchev–Trinajstić information content (AvgIpc) is 3.04. The molecule has 23 heavy (non-hydrogen) atoms. The Bertz CT molecular complexity index is 620. The molecule has 0 fully saturated rings. The van der Waals surface area contributed by atoms with Crippen molar-refractivity contribution in [3.8, 4) is 5.75 Å². The van der Waals surface area contributed by atoms with E-state index in [4.69, 9.17) is 4.74 Å². The molecule has 0 aliphatic rings. The van der Waals surface area contributed by atoms with E-state index in [0.29, 0.717) is 6.54 Å². The molecule has 0 unspecified atom stereocenters. The van der Waals surface area contributed by atoms with Crippen LogP contribution in [0.25, 0.3) is 0 Å². The number of nitrogens with zero attached hydrogens (tertiary/aromatic N) is 1. The second-order valence-corrected chi connectivity index (χ2v) is 6.54. The Kier molecular flexibility index (Phi) is 9.57. The molecule has 7 heteroatoms. The normalized spacial score (nSPS) is 10.8. The number of halogens is 2. The Morgan fingerprint density at radius 2 is 2.13 bits per heavy atom. The van der Waals surface area contributed by atoms with Gasteiger partial charge in [-0.05, 0) is 51.5 Å². The molecule has 4 nitrogen and oxygen atoms in total. The first kappa shape index (κ1) is 20.2. The van der Waals surface area contributed by atoms with Gasteiger partial charge in [0.2, 0.25) is 0 Å². The number of methoxy groups -OCH3 is 1.